The number of aromatic nitrogens is 2. The summed E-state index contributed by atoms with van der Waals surface area (Å²) in [6.07, 6.45) is 8.47. The van der Waals surface area contributed by atoms with E-state index in [9.17, 15) is 4.79 Å². The van der Waals surface area contributed by atoms with Crippen molar-refractivity contribution < 1.29 is 4.79 Å². The van der Waals surface area contributed by atoms with Gasteiger partial charge in [-0.05, 0) is 68.4 Å². The van der Waals surface area contributed by atoms with Crippen LogP contribution in [-0.4, -0.2) is 21.9 Å². The molecule has 3 aliphatic carbocycles. The molecule has 5 rings (SSSR count). The van der Waals surface area contributed by atoms with Crippen LogP contribution in [0.15, 0.2) is 24.4 Å². The average Bonchev–Trinajstić information content (AvgIpc) is 3.36. The van der Waals surface area contributed by atoms with Gasteiger partial charge >= 0.3 is 0 Å². The number of rotatable bonds is 3. The van der Waals surface area contributed by atoms with Gasteiger partial charge in [0.1, 0.15) is 9.88 Å². The number of fused-ring (bicyclic) bond motifs is 5. The first-order chi connectivity index (χ1) is 12.2. The van der Waals surface area contributed by atoms with Crippen molar-refractivity contribution in [2.24, 2.45) is 23.7 Å². The summed E-state index contributed by atoms with van der Waals surface area (Å²) in [7, 11) is 0. The van der Waals surface area contributed by atoms with E-state index in [-0.39, 0.29) is 5.91 Å². The Morgan fingerprint density at radius 2 is 2.08 bits per heavy atom. The van der Waals surface area contributed by atoms with Gasteiger partial charge in [-0.2, -0.15) is 0 Å². The second kappa shape index (κ2) is 5.90. The van der Waals surface area contributed by atoms with Crippen LogP contribution in [0.25, 0.3) is 10.7 Å². The van der Waals surface area contributed by atoms with E-state index in [0.29, 0.717) is 12.0 Å². The zero-order valence-electron chi connectivity index (χ0n) is 14.4. The van der Waals surface area contributed by atoms with Crippen LogP contribution in [0.2, 0.25) is 0 Å². The maximum Gasteiger partial charge on any atom is 0.263 e. The highest BCUT2D eigenvalue weighted by Gasteiger charge is 2.54. The van der Waals surface area contributed by atoms with E-state index >= 15 is 0 Å². The minimum Gasteiger partial charge on any atom is -0.348 e. The number of nitrogens with zero attached hydrogens (tertiary/aromatic N) is 2. The second-order valence-corrected chi connectivity index (χ2v) is 8.88. The maximum absolute atomic E-state index is 12.9. The molecule has 2 bridgehead atoms. The van der Waals surface area contributed by atoms with E-state index in [0.717, 1.165) is 39.0 Å². The van der Waals surface area contributed by atoms with Gasteiger partial charge in [0.2, 0.25) is 0 Å². The third kappa shape index (κ3) is 2.51. The number of hydrogen-bond donors (Lipinski definition) is 1. The Labute approximate surface area is 152 Å². The highest BCUT2D eigenvalue weighted by Crippen LogP contribution is 2.58. The number of carbonyl (C=O) groups is 1. The summed E-state index contributed by atoms with van der Waals surface area (Å²) in [5.41, 5.74) is 1.65. The van der Waals surface area contributed by atoms with Crippen LogP contribution in [-0.2, 0) is 0 Å². The highest BCUT2D eigenvalue weighted by molar-refractivity contribution is 7.17. The van der Waals surface area contributed by atoms with Crippen LogP contribution in [0.3, 0.4) is 0 Å². The quantitative estimate of drug-likeness (QED) is 0.905. The van der Waals surface area contributed by atoms with Gasteiger partial charge in [-0.25, -0.2) is 4.98 Å². The topological polar surface area (TPSA) is 54.9 Å². The number of carbonyl (C=O) groups excluding carboxylic acids is 1. The third-order valence-electron chi connectivity index (χ3n) is 6.63. The number of hydrogen-bond acceptors (Lipinski definition) is 4. The Morgan fingerprint density at radius 3 is 2.92 bits per heavy atom. The number of amides is 1. The largest absolute Gasteiger partial charge is 0.348 e. The van der Waals surface area contributed by atoms with Crippen molar-refractivity contribution in [1.29, 1.82) is 0 Å². The Hall–Kier alpha value is -1.75. The van der Waals surface area contributed by atoms with Gasteiger partial charge in [-0.15, -0.1) is 11.3 Å². The number of pyridine rings is 1. The molecule has 1 amide bonds. The molecule has 3 fully saturated rings. The van der Waals surface area contributed by atoms with E-state index in [2.05, 4.69) is 15.3 Å². The Morgan fingerprint density at radius 1 is 1.20 bits per heavy atom. The normalized spacial score (nSPS) is 32.8. The molecule has 0 aromatic carbocycles. The van der Waals surface area contributed by atoms with Crippen molar-refractivity contribution in [3.63, 3.8) is 0 Å². The van der Waals surface area contributed by atoms with E-state index in [4.69, 9.17) is 0 Å². The van der Waals surface area contributed by atoms with Crippen molar-refractivity contribution in [2.45, 2.75) is 45.1 Å². The van der Waals surface area contributed by atoms with Gasteiger partial charge in [0.15, 0.2) is 0 Å². The van der Waals surface area contributed by atoms with Crippen LogP contribution >= 0.6 is 11.3 Å². The molecule has 0 radical (unpaired) electrons. The average molecular weight is 353 g/mol. The molecule has 1 N–H and O–H groups in total. The molecule has 3 saturated carbocycles. The number of aryl methyl sites for hydroxylation is 1. The fourth-order valence-corrected chi connectivity index (χ4v) is 6.62. The van der Waals surface area contributed by atoms with Gasteiger partial charge in [0, 0.05) is 12.2 Å². The summed E-state index contributed by atoms with van der Waals surface area (Å²) < 4.78 is 0. The zero-order chi connectivity index (χ0) is 17.0. The van der Waals surface area contributed by atoms with E-state index in [1.807, 2.05) is 25.1 Å². The summed E-state index contributed by atoms with van der Waals surface area (Å²) >= 11 is 1.46. The van der Waals surface area contributed by atoms with Gasteiger partial charge in [0.25, 0.3) is 5.91 Å². The molecule has 5 heteroatoms. The molecule has 0 aliphatic heterocycles. The summed E-state index contributed by atoms with van der Waals surface area (Å²) in [4.78, 5) is 22.5. The van der Waals surface area contributed by atoms with Gasteiger partial charge in [-0.3, -0.25) is 9.78 Å². The van der Waals surface area contributed by atoms with Crippen molar-refractivity contribution in [3.8, 4) is 10.7 Å². The first-order valence-electron chi connectivity index (χ1n) is 9.40. The summed E-state index contributed by atoms with van der Waals surface area (Å²) in [5, 5.41) is 4.18. The second-order valence-electron chi connectivity index (χ2n) is 7.88. The van der Waals surface area contributed by atoms with Crippen molar-refractivity contribution >= 4 is 17.2 Å². The Bertz CT molecular complexity index is 803. The lowest BCUT2D eigenvalue weighted by Crippen LogP contribution is -2.42. The molecule has 0 spiro atoms. The molecule has 5 atom stereocenters. The highest BCUT2D eigenvalue weighted by atomic mass is 32.1. The molecular weight excluding hydrogens is 330 g/mol. The van der Waals surface area contributed by atoms with Crippen molar-refractivity contribution in [1.82, 2.24) is 15.3 Å². The molecule has 3 aliphatic rings. The van der Waals surface area contributed by atoms with E-state index in [1.165, 1.54) is 43.4 Å². The SMILES string of the molecule is Cc1nc(-c2ccccn2)sc1C(=O)NC1CC2CC1C1CCCC21. The zero-order valence-corrected chi connectivity index (χ0v) is 15.3. The third-order valence-corrected chi connectivity index (χ3v) is 7.81. The fraction of sp³-hybridized carbons (Fsp3) is 0.550. The molecule has 5 unspecified atom stereocenters. The monoisotopic (exact) mass is 353 g/mol. The standard InChI is InChI=1S/C20H23N3OS/c1-11-18(25-20(22-11)16-7-2-3-8-21-16)19(24)23-17-10-12-9-15(17)14-6-4-5-13(12)14/h2-3,7-8,12-15,17H,4-6,9-10H2,1H3,(H,23,24). The predicted octanol–water partition coefficient (Wildman–Crippen LogP) is 4.07. The Balaban J connectivity index is 1.33. The minimum atomic E-state index is 0.0595. The maximum atomic E-state index is 12.9. The molecule has 25 heavy (non-hydrogen) atoms. The molecule has 4 nitrogen and oxygen atoms in total. The number of thiazole rings is 1. The van der Waals surface area contributed by atoms with Crippen LogP contribution in [0.1, 0.15) is 47.5 Å². The lowest BCUT2D eigenvalue weighted by molar-refractivity contribution is 0.0904. The smallest absolute Gasteiger partial charge is 0.263 e. The minimum absolute atomic E-state index is 0.0595. The van der Waals surface area contributed by atoms with Crippen molar-refractivity contribution in [3.05, 3.63) is 35.0 Å². The van der Waals surface area contributed by atoms with Gasteiger partial charge in [-0.1, -0.05) is 12.5 Å². The summed E-state index contributed by atoms with van der Waals surface area (Å²) in [5.74, 6) is 3.46. The fourth-order valence-electron chi connectivity index (χ4n) is 5.67. The first kappa shape index (κ1) is 15.5. The molecule has 2 aromatic heterocycles. The first-order valence-corrected chi connectivity index (χ1v) is 10.2. The number of nitrogens with one attached hydrogen (secondary N) is 1. The van der Waals surface area contributed by atoms with Gasteiger partial charge in [0.05, 0.1) is 11.4 Å². The molecule has 2 heterocycles. The van der Waals surface area contributed by atoms with E-state index in [1.54, 1.807) is 6.20 Å². The molecule has 130 valence electrons. The molecular formula is C20H23N3OS. The summed E-state index contributed by atoms with van der Waals surface area (Å²) in [6.45, 7) is 1.92. The summed E-state index contributed by atoms with van der Waals surface area (Å²) in [6, 6.07) is 6.15. The lowest BCUT2D eigenvalue weighted by Gasteiger charge is -2.32. The molecule has 0 saturated heterocycles. The van der Waals surface area contributed by atoms with Gasteiger partial charge < -0.3 is 5.32 Å². The molecule has 2 aromatic rings. The van der Waals surface area contributed by atoms with Crippen molar-refractivity contribution in [2.75, 3.05) is 0 Å². The van der Waals surface area contributed by atoms with Crippen LogP contribution in [0.5, 0.6) is 0 Å². The lowest BCUT2D eigenvalue weighted by atomic mass is 9.79. The van der Waals surface area contributed by atoms with Crippen LogP contribution in [0, 0.1) is 30.6 Å². The predicted molar refractivity (Wildman–Crippen MR) is 98.4 cm³/mol. The van der Waals surface area contributed by atoms with Crippen LogP contribution < -0.4 is 5.32 Å². The Kier molecular flexibility index (Phi) is 3.66. The van der Waals surface area contributed by atoms with E-state index < -0.39 is 0 Å². The van der Waals surface area contributed by atoms with Crippen LogP contribution in [0.4, 0.5) is 0 Å².